The molecule has 0 amide bonds. The Morgan fingerprint density at radius 1 is 1.42 bits per heavy atom. The number of nitrogens with two attached hydrogens (primary N) is 1. The van der Waals surface area contributed by atoms with Crippen molar-refractivity contribution < 1.29 is 17.9 Å². The van der Waals surface area contributed by atoms with Crippen LogP contribution in [-0.4, -0.2) is 30.6 Å². The average molecular weight is 274 g/mol. The van der Waals surface area contributed by atoms with E-state index in [2.05, 4.69) is 16.6 Å². The summed E-state index contributed by atoms with van der Waals surface area (Å²) < 4.78 is 41.6. The molecule has 0 aliphatic carbocycles. The molecule has 3 nitrogen and oxygen atoms in total. The van der Waals surface area contributed by atoms with Gasteiger partial charge in [-0.2, -0.15) is 8.78 Å². The SMILES string of the molecule is CC1CN(Cc2ccc(OC(F)F)c(F)c2)CC1N. The number of alkyl halides is 2. The first-order chi connectivity index (χ1) is 8.95. The zero-order chi connectivity index (χ0) is 14.0. The maximum Gasteiger partial charge on any atom is 0.387 e. The number of ether oxygens (including phenoxy) is 1. The number of benzene rings is 1. The van der Waals surface area contributed by atoms with E-state index in [1.165, 1.54) is 12.1 Å². The van der Waals surface area contributed by atoms with Crippen molar-refractivity contribution in [1.29, 1.82) is 0 Å². The van der Waals surface area contributed by atoms with Crippen molar-refractivity contribution in [2.24, 2.45) is 11.7 Å². The fraction of sp³-hybridized carbons (Fsp3) is 0.538. The minimum absolute atomic E-state index is 0.131. The van der Waals surface area contributed by atoms with Crippen molar-refractivity contribution >= 4 is 0 Å². The molecule has 2 N–H and O–H groups in total. The van der Waals surface area contributed by atoms with Crippen molar-refractivity contribution in [2.45, 2.75) is 26.1 Å². The molecular formula is C13H17F3N2O. The molecule has 6 heteroatoms. The highest BCUT2D eigenvalue weighted by atomic mass is 19.3. The Morgan fingerprint density at radius 2 is 2.16 bits per heavy atom. The highest BCUT2D eigenvalue weighted by Gasteiger charge is 2.26. The molecule has 0 spiro atoms. The second-order valence-corrected chi connectivity index (χ2v) is 4.98. The Bertz CT molecular complexity index is 432. The topological polar surface area (TPSA) is 38.5 Å². The zero-order valence-corrected chi connectivity index (χ0v) is 10.7. The second kappa shape index (κ2) is 5.79. The van der Waals surface area contributed by atoms with Crippen LogP contribution < -0.4 is 10.5 Å². The highest BCUT2D eigenvalue weighted by Crippen LogP contribution is 2.23. The third-order valence-electron chi connectivity index (χ3n) is 3.36. The van der Waals surface area contributed by atoms with Gasteiger partial charge in [-0.1, -0.05) is 13.0 Å². The Balaban J connectivity index is 2.00. The van der Waals surface area contributed by atoms with Gasteiger partial charge in [0, 0.05) is 25.7 Å². The van der Waals surface area contributed by atoms with Gasteiger partial charge in [-0.15, -0.1) is 0 Å². The third-order valence-corrected chi connectivity index (χ3v) is 3.36. The van der Waals surface area contributed by atoms with Crippen LogP contribution in [0.5, 0.6) is 5.75 Å². The maximum atomic E-state index is 13.5. The summed E-state index contributed by atoms with van der Waals surface area (Å²) >= 11 is 0. The molecule has 2 atom stereocenters. The van der Waals surface area contributed by atoms with Crippen LogP contribution in [-0.2, 0) is 6.54 Å². The largest absolute Gasteiger partial charge is 0.432 e. The maximum absolute atomic E-state index is 13.5. The molecule has 0 bridgehead atoms. The standard InChI is InChI=1S/C13H17F3N2O/c1-8-5-18(7-11(8)17)6-9-2-3-12(10(14)4-9)19-13(15)16/h2-4,8,11,13H,5-7,17H2,1H3. The summed E-state index contributed by atoms with van der Waals surface area (Å²) in [4.78, 5) is 2.12. The van der Waals surface area contributed by atoms with Gasteiger partial charge in [-0.05, 0) is 23.6 Å². The van der Waals surface area contributed by atoms with Gasteiger partial charge in [0.2, 0.25) is 0 Å². The summed E-state index contributed by atoms with van der Waals surface area (Å²) in [6.45, 7) is 1.24. The lowest BCUT2D eigenvalue weighted by Gasteiger charge is -2.16. The molecule has 2 unspecified atom stereocenters. The molecule has 1 heterocycles. The van der Waals surface area contributed by atoms with Crippen LogP contribution in [0, 0.1) is 11.7 Å². The molecule has 2 rings (SSSR count). The van der Waals surface area contributed by atoms with E-state index >= 15 is 0 Å². The summed E-state index contributed by atoms with van der Waals surface area (Å²) in [5.41, 5.74) is 6.63. The van der Waals surface area contributed by atoms with E-state index in [1.807, 2.05) is 0 Å². The quantitative estimate of drug-likeness (QED) is 0.915. The highest BCUT2D eigenvalue weighted by molar-refractivity contribution is 5.29. The van der Waals surface area contributed by atoms with Crippen LogP contribution in [0.4, 0.5) is 13.2 Å². The van der Waals surface area contributed by atoms with Crippen LogP contribution in [0.3, 0.4) is 0 Å². The van der Waals surface area contributed by atoms with Crippen LogP contribution in [0.2, 0.25) is 0 Å². The fourth-order valence-electron chi connectivity index (χ4n) is 2.32. The summed E-state index contributed by atoms with van der Waals surface area (Å²) in [6.07, 6.45) is 0. The van der Waals surface area contributed by atoms with Crippen molar-refractivity contribution in [2.75, 3.05) is 13.1 Å². The number of halogens is 3. The molecular weight excluding hydrogens is 257 g/mol. The number of hydrogen-bond acceptors (Lipinski definition) is 3. The van der Waals surface area contributed by atoms with E-state index in [0.717, 1.165) is 18.7 Å². The molecule has 1 fully saturated rings. The van der Waals surface area contributed by atoms with Crippen LogP contribution >= 0.6 is 0 Å². The van der Waals surface area contributed by atoms with Gasteiger partial charge in [0.1, 0.15) is 0 Å². The van der Waals surface area contributed by atoms with Crippen molar-refractivity contribution in [3.8, 4) is 5.75 Å². The van der Waals surface area contributed by atoms with Gasteiger partial charge < -0.3 is 10.5 Å². The van der Waals surface area contributed by atoms with Gasteiger partial charge in [-0.3, -0.25) is 4.90 Å². The van der Waals surface area contributed by atoms with E-state index in [1.54, 1.807) is 6.07 Å². The predicted molar refractivity (Wildman–Crippen MR) is 65.4 cm³/mol. The van der Waals surface area contributed by atoms with Crippen molar-refractivity contribution in [3.63, 3.8) is 0 Å². The number of hydrogen-bond donors (Lipinski definition) is 1. The molecule has 0 aromatic heterocycles. The van der Waals surface area contributed by atoms with Crippen LogP contribution in [0.15, 0.2) is 18.2 Å². The van der Waals surface area contributed by atoms with E-state index in [4.69, 9.17) is 5.73 Å². The summed E-state index contributed by atoms with van der Waals surface area (Å²) in [6, 6.07) is 4.18. The lowest BCUT2D eigenvalue weighted by atomic mass is 10.1. The molecule has 106 valence electrons. The Labute approximate surface area is 110 Å². The Hall–Kier alpha value is -1.27. The van der Waals surface area contributed by atoms with Gasteiger partial charge in [0.15, 0.2) is 11.6 Å². The van der Waals surface area contributed by atoms with E-state index in [-0.39, 0.29) is 6.04 Å². The number of rotatable bonds is 4. The van der Waals surface area contributed by atoms with E-state index in [9.17, 15) is 13.2 Å². The van der Waals surface area contributed by atoms with Gasteiger partial charge in [-0.25, -0.2) is 4.39 Å². The van der Waals surface area contributed by atoms with E-state index in [0.29, 0.717) is 12.5 Å². The molecule has 1 aromatic rings. The summed E-state index contributed by atoms with van der Waals surface area (Å²) in [5.74, 6) is -0.786. The van der Waals surface area contributed by atoms with Crippen molar-refractivity contribution in [3.05, 3.63) is 29.6 Å². The zero-order valence-electron chi connectivity index (χ0n) is 10.7. The van der Waals surface area contributed by atoms with E-state index < -0.39 is 18.2 Å². The van der Waals surface area contributed by atoms with Gasteiger partial charge in [0.25, 0.3) is 0 Å². The Kier molecular flexibility index (Phi) is 4.31. The van der Waals surface area contributed by atoms with Gasteiger partial charge in [0.05, 0.1) is 0 Å². The second-order valence-electron chi connectivity index (χ2n) is 4.98. The minimum atomic E-state index is -3.02. The fourth-order valence-corrected chi connectivity index (χ4v) is 2.32. The molecule has 0 radical (unpaired) electrons. The van der Waals surface area contributed by atoms with Crippen molar-refractivity contribution in [1.82, 2.24) is 4.90 Å². The third kappa shape index (κ3) is 3.61. The minimum Gasteiger partial charge on any atom is -0.432 e. The van der Waals surface area contributed by atoms with Gasteiger partial charge >= 0.3 is 6.61 Å². The summed E-state index contributed by atoms with van der Waals surface area (Å²) in [7, 11) is 0. The first kappa shape index (κ1) is 14.1. The number of nitrogens with zero attached hydrogens (tertiary/aromatic N) is 1. The molecule has 19 heavy (non-hydrogen) atoms. The lowest BCUT2D eigenvalue weighted by Crippen LogP contribution is -2.28. The lowest BCUT2D eigenvalue weighted by molar-refractivity contribution is -0.0522. The molecule has 1 aromatic carbocycles. The summed E-state index contributed by atoms with van der Waals surface area (Å²) in [5, 5.41) is 0. The molecule has 0 saturated carbocycles. The average Bonchev–Trinajstić information content (AvgIpc) is 2.61. The van der Waals surface area contributed by atoms with Crippen LogP contribution in [0.25, 0.3) is 0 Å². The number of likely N-dealkylation sites (tertiary alicyclic amines) is 1. The molecule has 1 saturated heterocycles. The first-order valence-corrected chi connectivity index (χ1v) is 6.17. The molecule has 1 aliphatic heterocycles. The first-order valence-electron chi connectivity index (χ1n) is 6.17. The normalized spacial score (nSPS) is 24.1. The predicted octanol–water partition coefficient (Wildman–Crippen LogP) is 2.21. The smallest absolute Gasteiger partial charge is 0.387 e. The Morgan fingerprint density at radius 3 is 2.68 bits per heavy atom. The monoisotopic (exact) mass is 274 g/mol. The van der Waals surface area contributed by atoms with Crippen LogP contribution in [0.1, 0.15) is 12.5 Å². The molecule has 1 aliphatic rings.